The Morgan fingerprint density at radius 3 is 2.78 bits per heavy atom. The van der Waals surface area contributed by atoms with Gasteiger partial charge < -0.3 is 5.32 Å². The van der Waals surface area contributed by atoms with Crippen molar-refractivity contribution in [1.82, 2.24) is 15.5 Å². The molecule has 0 spiro atoms. The average Bonchev–Trinajstić information content (AvgIpc) is 2.66. The predicted molar refractivity (Wildman–Crippen MR) is 69.7 cm³/mol. The minimum absolute atomic E-state index is 0.106. The average molecular weight is 247 g/mol. The number of aryl methyl sites for hydroxylation is 2. The van der Waals surface area contributed by atoms with E-state index < -0.39 is 0 Å². The van der Waals surface area contributed by atoms with Gasteiger partial charge in [-0.05, 0) is 38.5 Å². The molecule has 1 aromatic carbocycles. The molecule has 0 aliphatic carbocycles. The fraction of sp³-hybridized carbons (Fsp3) is 0.357. The lowest BCUT2D eigenvalue weighted by Crippen LogP contribution is -2.18. The number of aromatic amines is 1. The zero-order valence-corrected chi connectivity index (χ0v) is 10.9. The number of nitrogens with zero attached hydrogens (tertiary/aromatic N) is 1. The van der Waals surface area contributed by atoms with E-state index in [0.717, 1.165) is 23.5 Å². The number of hydrogen-bond donors (Lipinski definition) is 2. The first-order valence-electron chi connectivity index (χ1n) is 6.07. The summed E-state index contributed by atoms with van der Waals surface area (Å²) in [5, 5.41) is 10.5. The zero-order chi connectivity index (χ0) is 13.1. The van der Waals surface area contributed by atoms with Gasteiger partial charge in [0.2, 0.25) is 0 Å². The minimum Gasteiger partial charge on any atom is -0.306 e. The Morgan fingerprint density at radius 2 is 2.17 bits per heavy atom. The summed E-state index contributed by atoms with van der Waals surface area (Å²) >= 11 is 0. The van der Waals surface area contributed by atoms with Crippen molar-refractivity contribution in [3.8, 4) is 0 Å². The number of benzene rings is 1. The third-order valence-electron chi connectivity index (χ3n) is 3.21. The lowest BCUT2D eigenvalue weighted by molar-refractivity contribution is 0.563. The van der Waals surface area contributed by atoms with E-state index in [1.165, 1.54) is 11.6 Å². The van der Waals surface area contributed by atoms with Gasteiger partial charge in [0.05, 0.1) is 5.69 Å². The van der Waals surface area contributed by atoms with Gasteiger partial charge in [0, 0.05) is 23.8 Å². The maximum absolute atomic E-state index is 13.1. The summed E-state index contributed by atoms with van der Waals surface area (Å²) in [5.74, 6) is -0.197. The molecule has 1 atom stereocenters. The van der Waals surface area contributed by atoms with Crippen LogP contribution in [0.25, 0.3) is 0 Å². The molecule has 0 radical (unpaired) electrons. The first kappa shape index (κ1) is 12.8. The molecule has 0 fully saturated rings. The van der Waals surface area contributed by atoms with Crippen LogP contribution in [0.2, 0.25) is 0 Å². The number of nitrogens with one attached hydrogen (secondary N) is 2. The molecule has 1 aromatic heterocycles. The van der Waals surface area contributed by atoms with E-state index in [0.29, 0.717) is 0 Å². The highest BCUT2D eigenvalue weighted by atomic mass is 19.1. The van der Waals surface area contributed by atoms with Crippen LogP contribution in [0.5, 0.6) is 0 Å². The van der Waals surface area contributed by atoms with Gasteiger partial charge in [-0.25, -0.2) is 4.39 Å². The SMILES string of the molecule is Cc1n[nH]c(C)c1CN[C@@H](C)c1cccc(F)c1. The van der Waals surface area contributed by atoms with Crippen LogP contribution in [0.3, 0.4) is 0 Å². The maximum Gasteiger partial charge on any atom is 0.123 e. The number of hydrogen-bond acceptors (Lipinski definition) is 2. The molecule has 4 heteroatoms. The summed E-state index contributed by atoms with van der Waals surface area (Å²) in [5.41, 5.74) is 4.21. The third kappa shape index (κ3) is 2.76. The van der Waals surface area contributed by atoms with Crippen molar-refractivity contribution < 1.29 is 4.39 Å². The standard InChI is InChI=1S/C14H18FN3/c1-9(12-5-4-6-13(15)7-12)16-8-14-10(2)17-18-11(14)3/h4-7,9,16H,8H2,1-3H3,(H,17,18)/t9-/m0/s1. The van der Waals surface area contributed by atoms with Crippen LogP contribution in [0.15, 0.2) is 24.3 Å². The van der Waals surface area contributed by atoms with Crippen molar-refractivity contribution in [3.05, 3.63) is 52.6 Å². The number of halogens is 1. The molecule has 0 saturated carbocycles. The monoisotopic (exact) mass is 247 g/mol. The molecular formula is C14H18FN3. The molecule has 0 bridgehead atoms. The van der Waals surface area contributed by atoms with E-state index in [-0.39, 0.29) is 11.9 Å². The summed E-state index contributed by atoms with van der Waals surface area (Å²) in [4.78, 5) is 0. The molecule has 18 heavy (non-hydrogen) atoms. The van der Waals surface area contributed by atoms with Crippen molar-refractivity contribution in [1.29, 1.82) is 0 Å². The summed E-state index contributed by atoms with van der Waals surface area (Å²) in [7, 11) is 0. The highest BCUT2D eigenvalue weighted by Crippen LogP contribution is 2.15. The molecule has 2 N–H and O–H groups in total. The fourth-order valence-corrected chi connectivity index (χ4v) is 1.98. The van der Waals surface area contributed by atoms with E-state index in [2.05, 4.69) is 15.5 Å². The normalized spacial score (nSPS) is 12.7. The van der Waals surface area contributed by atoms with Crippen molar-refractivity contribution in [2.75, 3.05) is 0 Å². The zero-order valence-electron chi connectivity index (χ0n) is 10.9. The Balaban J connectivity index is 2.02. The quantitative estimate of drug-likeness (QED) is 0.872. The van der Waals surface area contributed by atoms with Gasteiger partial charge in [0.1, 0.15) is 5.82 Å². The van der Waals surface area contributed by atoms with E-state index in [9.17, 15) is 4.39 Å². The Kier molecular flexibility index (Phi) is 3.77. The second-order valence-electron chi connectivity index (χ2n) is 4.57. The van der Waals surface area contributed by atoms with Crippen LogP contribution >= 0.6 is 0 Å². The topological polar surface area (TPSA) is 40.7 Å². The Labute approximate surface area is 106 Å². The molecule has 96 valence electrons. The number of rotatable bonds is 4. The van der Waals surface area contributed by atoms with Crippen molar-refractivity contribution in [2.45, 2.75) is 33.4 Å². The summed E-state index contributed by atoms with van der Waals surface area (Å²) in [6.07, 6.45) is 0. The molecule has 0 aliphatic rings. The summed E-state index contributed by atoms with van der Waals surface area (Å²) in [6.45, 7) is 6.74. The number of H-pyrrole nitrogens is 1. The molecule has 0 saturated heterocycles. The van der Waals surface area contributed by atoms with Crippen molar-refractivity contribution in [2.24, 2.45) is 0 Å². The van der Waals surface area contributed by atoms with Gasteiger partial charge in [-0.3, -0.25) is 5.10 Å². The van der Waals surface area contributed by atoms with Crippen molar-refractivity contribution >= 4 is 0 Å². The van der Waals surface area contributed by atoms with Crippen LogP contribution in [-0.2, 0) is 6.54 Å². The van der Waals surface area contributed by atoms with Crippen LogP contribution in [-0.4, -0.2) is 10.2 Å². The largest absolute Gasteiger partial charge is 0.306 e. The Bertz CT molecular complexity index is 514. The Hall–Kier alpha value is -1.68. The van der Waals surface area contributed by atoms with Gasteiger partial charge in [-0.1, -0.05) is 12.1 Å². The Morgan fingerprint density at radius 1 is 1.39 bits per heavy atom. The molecule has 1 heterocycles. The first-order chi connectivity index (χ1) is 8.58. The van der Waals surface area contributed by atoms with Gasteiger partial charge >= 0.3 is 0 Å². The van der Waals surface area contributed by atoms with Gasteiger partial charge in [0.25, 0.3) is 0 Å². The summed E-state index contributed by atoms with van der Waals surface area (Å²) < 4.78 is 13.1. The van der Waals surface area contributed by atoms with Crippen molar-refractivity contribution in [3.63, 3.8) is 0 Å². The van der Waals surface area contributed by atoms with E-state index in [1.807, 2.05) is 26.8 Å². The third-order valence-corrected chi connectivity index (χ3v) is 3.21. The van der Waals surface area contributed by atoms with E-state index in [4.69, 9.17) is 0 Å². The highest BCUT2D eigenvalue weighted by Gasteiger charge is 2.09. The van der Waals surface area contributed by atoms with Crippen LogP contribution < -0.4 is 5.32 Å². The molecule has 0 amide bonds. The van der Waals surface area contributed by atoms with Crippen LogP contribution in [0.1, 0.15) is 35.5 Å². The van der Waals surface area contributed by atoms with E-state index in [1.54, 1.807) is 12.1 Å². The van der Waals surface area contributed by atoms with Gasteiger partial charge in [0.15, 0.2) is 0 Å². The highest BCUT2D eigenvalue weighted by molar-refractivity contribution is 5.24. The molecule has 3 nitrogen and oxygen atoms in total. The molecule has 2 rings (SSSR count). The maximum atomic E-state index is 13.1. The molecular weight excluding hydrogens is 229 g/mol. The van der Waals surface area contributed by atoms with Gasteiger partial charge in [-0.2, -0.15) is 5.10 Å². The second kappa shape index (κ2) is 5.31. The van der Waals surface area contributed by atoms with E-state index >= 15 is 0 Å². The van der Waals surface area contributed by atoms with Gasteiger partial charge in [-0.15, -0.1) is 0 Å². The molecule has 0 aliphatic heterocycles. The smallest absolute Gasteiger partial charge is 0.123 e. The predicted octanol–water partition coefficient (Wildman–Crippen LogP) is 3.02. The van der Waals surface area contributed by atoms with Crippen LogP contribution in [0.4, 0.5) is 4.39 Å². The fourth-order valence-electron chi connectivity index (χ4n) is 1.98. The second-order valence-corrected chi connectivity index (χ2v) is 4.57. The van der Waals surface area contributed by atoms with Crippen LogP contribution in [0, 0.1) is 19.7 Å². The first-order valence-corrected chi connectivity index (χ1v) is 6.07. The minimum atomic E-state index is -0.197. The summed E-state index contributed by atoms with van der Waals surface area (Å²) in [6, 6.07) is 6.79. The number of aromatic nitrogens is 2. The molecule has 0 unspecified atom stereocenters. The molecule has 2 aromatic rings. The lowest BCUT2D eigenvalue weighted by Gasteiger charge is -2.14. The lowest BCUT2D eigenvalue weighted by atomic mass is 10.1.